The summed E-state index contributed by atoms with van der Waals surface area (Å²) < 4.78 is 42.8. The van der Waals surface area contributed by atoms with Gasteiger partial charge in [-0.15, -0.1) is 0 Å². The summed E-state index contributed by atoms with van der Waals surface area (Å²) in [5.41, 5.74) is 2.82. The van der Waals surface area contributed by atoms with E-state index in [9.17, 15) is 17.6 Å². The van der Waals surface area contributed by atoms with Gasteiger partial charge in [-0.05, 0) is 72.3 Å². The normalized spacial score (nSPS) is 11.8. The summed E-state index contributed by atoms with van der Waals surface area (Å²) in [5.74, 6) is -1.19. The molecule has 0 aliphatic carbocycles. The molecular formula is C30H23FN4O3S. The highest BCUT2D eigenvalue weighted by Crippen LogP contribution is 2.29. The van der Waals surface area contributed by atoms with Crippen LogP contribution in [-0.4, -0.2) is 29.1 Å². The van der Waals surface area contributed by atoms with Crippen molar-refractivity contribution in [3.63, 3.8) is 0 Å². The highest BCUT2D eigenvalue weighted by molar-refractivity contribution is 7.96. The van der Waals surface area contributed by atoms with E-state index in [0.29, 0.717) is 16.8 Å². The van der Waals surface area contributed by atoms with Crippen LogP contribution in [0.25, 0.3) is 23.0 Å². The van der Waals surface area contributed by atoms with Crippen molar-refractivity contribution in [3.8, 4) is 16.9 Å². The zero-order valence-electron chi connectivity index (χ0n) is 20.6. The minimum atomic E-state index is -4.22. The Hall–Kier alpha value is -4.89. The van der Waals surface area contributed by atoms with Gasteiger partial charge in [0.25, 0.3) is 5.91 Å². The number of carbonyl (C=O) groups excluding carboxylic acids is 1. The number of aromatic nitrogens is 3. The molecule has 1 N–H and O–H groups in total. The minimum absolute atomic E-state index is 0.0194. The molecular weight excluding hydrogens is 515 g/mol. The van der Waals surface area contributed by atoms with Gasteiger partial charge in [0.15, 0.2) is 0 Å². The van der Waals surface area contributed by atoms with Gasteiger partial charge in [-0.2, -0.15) is 5.10 Å². The van der Waals surface area contributed by atoms with Crippen LogP contribution in [0.5, 0.6) is 0 Å². The standard InChI is InChI=1S/C30H23FN4O3S/c31-25-13-11-23(12-14-25)29-24(21-35(34-29)26-7-3-1-4-8-26)19-28(39(37,38)27-9-5-2-6-10-27)30(36)33-20-22-15-17-32-18-16-22/h1-19,21H,20H2,(H,33,36)/b28-19+. The molecule has 0 bridgehead atoms. The maximum absolute atomic E-state index is 13.7. The highest BCUT2D eigenvalue weighted by Gasteiger charge is 2.28. The number of rotatable bonds is 8. The highest BCUT2D eigenvalue weighted by atomic mass is 32.2. The SMILES string of the molecule is O=C(NCc1ccncc1)/C(=C\c1cn(-c2ccccc2)nc1-c1ccc(F)cc1)S(=O)(=O)c1ccccc1. The van der Waals surface area contributed by atoms with Crippen molar-refractivity contribution in [2.24, 2.45) is 0 Å². The van der Waals surface area contributed by atoms with Crippen LogP contribution in [0.2, 0.25) is 0 Å². The molecule has 0 unspecified atom stereocenters. The lowest BCUT2D eigenvalue weighted by atomic mass is 10.1. The summed E-state index contributed by atoms with van der Waals surface area (Å²) >= 11 is 0. The molecule has 39 heavy (non-hydrogen) atoms. The molecule has 0 radical (unpaired) electrons. The van der Waals surface area contributed by atoms with Gasteiger partial charge in [0.05, 0.1) is 16.3 Å². The second-order valence-electron chi connectivity index (χ2n) is 8.58. The molecule has 0 atom stereocenters. The Labute approximate surface area is 225 Å². The Kier molecular flexibility index (Phi) is 7.42. The Morgan fingerprint density at radius 1 is 0.872 bits per heavy atom. The van der Waals surface area contributed by atoms with Gasteiger partial charge in [0.2, 0.25) is 9.84 Å². The summed E-state index contributed by atoms with van der Waals surface area (Å²) in [4.78, 5) is 17.0. The predicted molar refractivity (Wildman–Crippen MR) is 147 cm³/mol. The summed E-state index contributed by atoms with van der Waals surface area (Å²) in [6.45, 7) is 0.108. The first-order valence-corrected chi connectivity index (χ1v) is 13.5. The molecule has 194 valence electrons. The van der Waals surface area contributed by atoms with E-state index in [1.165, 1.54) is 30.3 Å². The van der Waals surface area contributed by atoms with Gasteiger partial charge in [0, 0.05) is 36.3 Å². The van der Waals surface area contributed by atoms with E-state index in [1.54, 1.807) is 65.7 Å². The number of halogens is 1. The van der Waals surface area contributed by atoms with Crippen LogP contribution in [0, 0.1) is 5.82 Å². The molecule has 2 aromatic heterocycles. The van der Waals surface area contributed by atoms with Crippen molar-refractivity contribution in [3.05, 3.63) is 138 Å². The van der Waals surface area contributed by atoms with Gasteiger partial charge < -0.3 is 5.32 Å². The van der Waals surface area contributed by atoms with Crippen LogP contribution in [-0.2, 0) is 21.2 Å². The van der Waals surface area contributed by atoms with Crippen LogP contribution in [0.1, 0.15) is 11.1 Å². The zero-order valence-corrected chi connectivity index (χ0v) is 21.4. The fraction of sp³-hybridized carbons (Fsp3) is 0.0333. The number of nitrogens with zero attached hydrogens (tertiary/aromatic N) is 3. The van der Waals surface area contributed by atoms with E-state index in [2.05, 4.69) is 15.4 Å². The molecule has 2 heterocycles. The number of pyridine rings is 1. The van der Waals surface area contributed by atoms with Gasteiger partial charge >= 0.3 is 0 Å². The van der Waals surface area contributed by atoms with Crippen molar-refractivity contribution in [2.45, 2.75) is 11.4 Å². The molecule has 3 aromatic carbocycles. The lowest BCUT2D eigenvalue weighted by molar-refractivity contribution is -0.116. The fourth-order valence-electron chi connectivity index (χ4n) is 3.94. The summed E-state index contributed by atoms with van der Waals surface area (Å²) in [6.07, 6.45) is 6.14. The molecule has 0 saturated heterocycles. The fourth-order valence-corrected chi connectivity index (χ4v) is 5.31. The molecule has 5 rings (SSSR count). The van der Waals surface area contributed by atoms with E-state index in [1.807, 2.05) is 30.3 Å². The second-order valence-corrected chi connectivity index (χ2v) is 10.5. The first-order valence-electron chi connectivity index (χ1n) is 12.0. The number of carbonyl (C=O) groups is 1. The number of sulfone groups is 1. The van der Waals surface area contributed by atoms with Crippen molar-refractivity contribution < 1.29 is 17.6 Å². The quantitative estimate of drug-likeness (QED) is 0.274. The van der Waals surface area contributed by atoms with Crippen LogP contribution in [0.3, 0.4) is 0 Å². The molecule has 0 spiro atoms. The largest absolute Gasteiger partial charge is 0.347 e. The van der Waals surface area contributed by atoms with Crippen molar-refractivity contribution >= 4 is 21.8 Å². The predicted octanol–water partition coefficient (Wildman–Crippen LogP) is 5.20. The number of benzene rings is 3. The van der Waals surface area contributed by atoms with E-state index in [4.69, 9.17) is 0 Å². The number of hydrogen-bond donors (Lipinski definition) is 1. The average Bonchev–Trinajstić information content (AvgIpc) is 3.40. The molecule has 1 amide bonds. The van der Waals surface area contributed by atoms with Crippen molar-refractivity contribution in [2.75, 3.05) is 0 Å². The second kappa shape index (κ2) is 11.2. The van der Waals surface area contributed by atoms with E-state index in [-0.39, 0.29) is 11.4 Å². The van der Waals surface area contributed by atoms with E-state index < -0.39 is 26.5 Å². The maximum atomic E-state index is 13.7. The van der Waals surface area contributed by atoms with Crippen LogP contribution >= 0.6 is 0 Å². The topological polar surface area (TPSA) is 93.9 Å². The third-order valence-corrected chi connectivity index (χ3v) is 7.71. The smallest absolute Gasteiger partial charge is 0.263 e. The Morgan fingerprint density at radius 2 is 1.51 bits per heavy atom. The number of amides is 1. The van der Waals surface area contributed by atoms with Crippen LogP contribution in [0.4, 0.5) is 4.39 Å². The summed E-state index contributed by atoms with van der Waals surface area (Å²) in [5, 5.41) is 7.37. The molecule has 0 aliphatic heterocycles. The Balaban J connectivity index is 1.64. The maximum Gasteiger partial charge on any atom is 0.263 e. The van der Waals surface area contributed by atoms with E-state index in [0.717, 1.165) is 11.3 Å². The first kappa shape index (κ1) is 25.7. The van der Waals surface area contributed by atoms with Crippen molar-refractivity contribution in [1.29, 1.82) is 0 Å². The van der Waals surface area contributed by atoms with Crippen molar-refractivity contribution in [1.82, 2.24) is 20.1 Å². The van der Waals surface area contributed by atoms with Crippen LogP contribution in [0.15, 0.2) is 125 Å². The molecule has 0 aliphatic rings. The molecule has 0 saturated carbocycles. The third kappa shape index (κ3) is 5.83. The first-order chi connectivity index (χ1) is 18.9. The van der Waals surface area contributed by atoms with Gasteiger partial charge in [-0.3, -0.25) is 9.78 Å². The monoisotopic (exact) mass is 538 g/mol. The molecule has 9 heteroatoms. The molecule has 5 aromatic rings. The average molecular weight is 539 g/mol. The zero-order chi connectivity index (χ0) is 27.2. The summed E-state index contributed by atoms with van der Waals surface area (Å²) in [7, 11) is -4.22. The molecule has 7 nitrogen and oxygen atoms in total. The van der Waals surface area contributed by atoms with Gasteiger partial charge in [-0.1, -0.05) is 36.4 Å². The minimum Gasteiger partial charge on any atom is -0.347 e. The Morgan fingerprint density at radius 3 is 2.18 bits per heavy atom. The third-order valence-electron chi connectivity index (χ3n) is 5.94. The lowest BCUT2D eigenvalue weighted by Crippen LogP contribution is -2.28. The van der Waals surface area contributed by atoms with Gasteiger partial charge in [0.1, 0.15) is 10.7 Å². The van der Waals surface area contributed by atoms with E-state index >= 15 is 0 Å². The Bertz CT molecular complexity index is 1720. The molecule has 0 fully saturated rings. The number of nitrogens with one attached hydrogen (secondary N) is 1. The van der Waals surface area contributed by atoms with Crippen LogP contribution < -0.4 is 5.32 Å². The number of para-hydroxylation sites is 1. The lowest BCUT2D eigenvalue weighted by Gasteiger charge is -2.11. The number of hydrogen-bond acceptors (Lipinski definition) is 5. The summed E-state index contributed by atoms with van der Waals surface area (Å²) in [6, 6.07) is 26.2. The van der Waals surface area contributed by atoms with Gasteiger partial charge in [-0.25, -0.2) is 17.5 Å².